The molecule has 1 heterocycles. The van der Waals surface area contributed by atoms with E-state index in [1.54, 1.807) is 9.80 Å². The predicted molar refractivity (Wildman–Crippen MR) is 71.5 cm³/mol. The third-order valence-electron chi connectivity index (χ3n) is 3.92. The fourth-order valence-electron chi connectivity index (χ4n) is 2.64. The smallest absolute Gasteiger partial charge is 0.127 e. The van der Waals surface area contributed by atoms with Crippen molar-refractivity contribution in [2.75, 3.05) is 33.2 Å². The van der Waals surface area contributed by atoms with Gasteiger partial charge in [-0.15, -0.1) is 0 Å². The van der Waals surface area contributed by atoms with Crippen LogP contribution in [0.15, 0.2) is 24.3 Å². The van der Waals surface area contributed by atoms with Gasteiger partial charge in [0.2, 0.25) is 0 Å². The molecule has 0 radical (unpaired) electrons. The van der Waals surface area contributed by atoms with Gasteiger partial charge in [0, 0.05) is 12.0 Å². The molecular weight excluding hydrogens is 208 g/mol. The summed E-state index contributed by atoms with van der Waals surface area (Å²) in [6.07, 6.45) is 2.51. The number of hydrogen-bond donors (Lipinski definition) is 2. The molecule has 2 nitrogen and oxygen atoms in total. The highest BCUT2D eigenvalue weighted by Crippen LogP contribution is 2.03. The van der Waals surface area contributed by atoms with Gasteiger partial charge in [-0.2, -0.15) is 0 Å². The van der Waals surface area contributed by atoms with E-state index in [1.807, 2.05) is 0 Å². The third-order valence-corrected chi connectivity index (χ3v) is 3.92. The Bertz CT molecular complexity index is 331. The molecule has 94 valence electrons. The summed E-state index contributed by atoms with van der Waals surface area (Å²) in [6.45, 7) is 8.75. The zero-order valence-electron chi connectivity index (χ0n) is 11.3. The number of nitrogens with one attached hydrogen (secondary N) is 2. The second-order valence-electron chi connectivity index (χ2n) is 5.41. The maximum absolute atomic E-state index is 2.32. The largest absolute Gasteiger partial charge is 0.333 e. The highest BCUT2D eigenvalue weighted by atomic mass is 15.2. The Hall–Kier alpha value is -0.860. The van der Waals surface area contributed by atoms with Gasteiger partial charge in [0.25, 0.3) is 0 Å². The minimum Gasteiger partial charge on any atom is -0.333 e. The Kier molecular flexibility index (Phi) is 4.57. The van der Waals surface area contributed by atoms with Crippen molar-refractivity contribution in [1.82, 2.24) is 0 Å². The lowest BCUT2D eigenvalue weighted by atomic mass is 10.1. The topological polar surface area (TPSA) is 8.88 Å². The molecule has 17 heavy (non-hydrogen) atoms. The summed E-state index contributed by atoms with van der Waals surface area (Å²) in [5, 5.41) is 0. The minimum atomic E-state index is 1.14. The molecule has 1 aliphatic heterocycles. The first-order valence-corrected chi connectivity index (χ1v) is 7.00. The maximum Gasteiger partial charge on any atom is 0.127 e. The maximum atomic E-state index is 2.32. The van der Waals surface area contributed by atoms with Crippen LogP contribution in [0.2, 0.25) is 0 Å². The Labute approximate surface area is 105 Å². The van der Waals surface area contributed by atoms with E-state index in [-0.39, 0.29) is 0 Å². The van der Waals surface area contributed by atoms with Crippen LogP contribution in [0, 0.1) is 0 Å². The molecule has 1 fully saturated rings. The SMILES string of the molecule is CCc1ccc(C[NH+]2CCC[NH+](C)CC2)cc1. The number of rotatable bonds is 3. The molecule has 0 aromatic heterocycles. The molecule has 1 aromatic rings. The average molecular weight is 234 g/mol. The van der Waals surface area contributed by atoms with Crippen molar-refractivity contribution < 1.29 is 9.80 Å². The predicted octanol–water partition coefficient (Wildman–Crippen LogP) is -0.448. The van der Waals surface area contributed by atoms with Crippen LogP contribution >= 0.6 is 0 Å². The van der Waals surface area contributed by atoms with E-state index in [0.717, 1.165) is 6.42 Å². The Morgan fingerprint density at radius 2 is 1.65 bits per heavy atom. The molecule has 2 heteroatoms. The quantitative estimate of drug-likeness (QED) is 0.701. The standard InChI is InChI=1S/C15H24N2/c1-3-14-5-7-15(8-6-14)13-17-10-4-9-16(2)11-12-17/h5-8H,3-4,9-13H2,1-2H3/p+2. The van der Waals surface area contributed by atoms with Gasteiger partial charge in [-0.05, 0) is 12.0 Å². The molecule has 0 aliphatic carbocycles. The number of quaternary nitrogens is 2. The zero-order valence-corrected chi connectivity index (χ0v) is 11.3. The monoisotopic (exact) mass is 234 g/mol. The lowest BCUT2D eigenvalue weighted by Crippen LogP contribution is -3.15. The van der Waals surface area contributed by atoms with Crippen LogP contribution in [0.3, 0.4) is 0 Å². The van der Waals surface area contributed by atoms with Crippen LogP contribution in [0.25, 0.3) is 0 Å². The first kappa shape index (κ1) is 12.6. The van der Waals surface area contributed by atoms with Gasteiger partial charge in [-0.25, -0.2) is 0 Å². The van der Waals surface area contributed by atoms with Crippen LogP contribution in [0.1, 0.15) is 24.5 Å². The van der Waals surface area contributed by atoms with E-state index in [0.29, 0.717) is 0 Å². The van der Waals surface area contributed by atoms with E-state index in [1.165, 1.54) is 50.3 Å². The molecule has 1 aromatic carbocycles. The molecule has 2 atom stereocenters. The lowest BCUT2D eigenvalue weighted by Gasteiger charge is -2.16. The second-order valence-corrected chi connectivity index (χ2v) is 5.41. The molecule has 0 amide bonds. The fourth-order valence-corrected chi connectivity index (χ4v) is 2.64. The molecule has 2 unspecified atom stereocenters. The van der Waals surface area contributed by atoms with Crippen LogP contribution in [-0.2, 0) is 13.0 Å². The van der Waals surface area contributed by atoms with Gasteiger partial charge in [0.1, 0.15) is 19.6 Å². The minimum absolute atomic E-state index is 1.14. The van der Waals surface area contributed by atoms with Gasteiger partial charge in [-0.1, -0.05) is 31.2 Å². The molecule has 1 aliphatic rings. The van der Waals surface area contributed by atoms with Crippen molar-refractivity contribution >= 4 is 0 Å². The molecule has 0 spiro atoms. The number of hydrogen-bond acceptors (Lipinski definition) is 0. The van der Waals surface area contributed by atoms with Gasteiger partial charge in [0.05, 0.1) is 20.1 Å². The van der Waals surface area contributed by atoms with Crippen LogP contribution in [0.5, 0.6) is 0 Å². The van der Waals surface area contributed by atoms with Crippen molar-refractivity contribution in [3.63, 3.8) is 0 Å². The van der Waals surface area contributed by atoms with Crippen LogP contribution in [0.4, 0.5) is 0 Å². The average Bonchev–Trinajstić information content (AvgIpc) is 2.56. The van der Waals surface area contributed by atoms with E-state index in [2.05, 4.69) is 38.2 Å². The summed E-state index contributed by atoms with van der Waals surface area (Å²) in [4.78, 5) is 3.45. The Morgan fingerprint density at radius 3 is 2.35 bits per heavy atom. The summed E-state index contributed by atoms with van der Waals surface area (Å²) in [7, 11) is 2.32. The van der Waals surface area contributed by atoms with E-state index in [9.17, 15) is 0 Å². The molecular formula is C15H26N2+2. The summed E-state index contributed by atoms with van der Waals surface area (Å²) in [5.41, 5.74) is 2.94. The van der Waals surface area contributed by atoms with Crippen molar-refractivity contribution in [2.24, 2.45) is 0 Å². The number of benzene rings is 1. The molecule has 0 bridgehead atoms. The van der Waals surface area contributed by atoms with Gasteiger partial charge in [0.15, 0.2) is 0 Å². The molecule has 1 saturated heterocycles. The summed E-state index contributed by atoms with van der Waals surface area (Å²) in [6, 6.07) is 9.19. The summed E-state index contributed by atoms with van der Waals surface area (Å²) in [5.74, 6) is 0. The normalized spacial score (nSPS) is 25.5. The van der Waals surface area contributed by atoms with Gasteiger partial charge < -0.3 is 9.80 Å². The second kappa shape index (κ2) is 6.18. The van der Waals surface area contributed by atoms with Crippen molar-refractivity contribution in [1.29, 1.82) is 0 Å². The molecule has 2 N–H and O–H groups in total. The highest BCUT2D eigenvalue weighted by molar-refractivity contribution is 5.21. The molecule has 2 rings (SSSR count). The van der Waals surface area contributed by atoms with Crippen molar-refractivity contribution in [3.8, 4) is 0 Å². The first-order chi connectivity index (χ1) is 8.28. The molecule has 0 saturated carbocycles. The zero-order chi connectivity index (χ0) is 12.1. The lowest BCUT2D eigenvalue weighted by molar-refractivity contribution is -0.938. The van der Waals surface area contributed by atoms with Gasteiger partial charge >= 0.3 is 0 Å². The van der Waals surface area contributed by atoms with E-state index < -0.39 is 0 Å². The van der Waals surface area contributed by atoms with E-state index >= 15 is 0 Å². The van der Waals surface area contributed by atoms with Crippen LogP contribution < -0.4 is 9.80 Å². The first-order valence-electron chi connectivity index (χ1n) is 7.00. The van der Waals surface area contributed by atoms with Crippen molar-refractivity contribution in [2.45, 2.75) is 26.3 Å². The van der Waals surface area contributed by atoms with E-state index in [4.69, 9.17) is 0 Å². The highest BCUT2D eigenvalue weighted by Gasteiger charge is 2.17. The summed E-state index contributed by atoms with van der Waals surface area (Å²) >= 11 is 0. The Balaban J connectivity index is 1.90. The Morgan fingerprint density at radius 1 is 0.941 bits per heavy atom. The third kappa shape index (κ3) is 3.83. The van der Waals surface area contributed by atoms with Crippen LogP contribution in [-0.4, -0.2) is 33.2 Å². The van der Waals surface area contributed by atoms with Crippen molar-refractivity contribution in [3.05, 3.63) is 35.4 Å². The fraction of sp³-hybridized carbons (Fsp3) is 0.600. The number of likely N-dealkylation sites (N-methyl/N-ethyl adjacent to an activating group) is 1. The summed E-state index contributed by atoms with van der Waals surface area (Å²) < 4.78 is 0. The van der Waals surface area contributed by atoms with Gasteiger partial charge in [-0.3, -0.25) is 0 Å². The number of aryl methyl sites for hydroxylation is 1.